The molecule has 1 aliphatic heterocycles. The first-order chi connectivity index (χ1) is 16.0. The molecule has 33 heavy (non-hydrogen) atoms. The van der Waals surface area contributed by atoms with Crippen LogP contribution in [-0.4, -0.2) is 24.6 Å². The molecule has 2 aliphatic rings. The maximum Gasteiger partial charge on any atom is 0.234 e. The SMILES string of the molecule is COc1ccc(NC(=O)CSC2=C(C#N)[C@H](c3ccc(Cl)cc3)C3=C(CCCC3=O)N2)cc1. The Bertz CT molecular complexity index is 1180. The minimum atomic E-state index is -0.469. The summed E-state index contributed by atoms with van der Waals surface area (Å²) in [5.41, 5.74) is 3.42. The smallest absolute Gasteiger partial charge is 0.234 e. The minimum Gasteiger partial charge on any atom is -0.497 e. The average Bonchev–Trinajstić information content (AvgIpc) is 2.83. The van der Waals surface area contributed by atoms with E-state index in [2.05, 4.69) is 16.7 Å². The number of anilines is 1. The molecule has 1 aliphatic carbocycles. The molecule has 1 heterocycles. The van der Waals surface area contributed by atoms with Gasteiger partial charge in [0, 0.05) is 28.4 Å². The number of dihydropyridines is 1. The third-order valence-electron chi connectivity index (χ3n) is 5.59. The number of nitrogens with one attached hydrogen (secondary N) is 2. The number of benzene rings is 2. The molecule has 2 N–H and O–H groups in total. The fraction of sp³-hybridized carbons (Fsp3) is 0.240. The highest BCUT2D eigenvalue weighted by Crippen LogP contribution is 2.44. The molecule has 0 spiro atoms. The Morgan fingerprint density at radius 3 is 2.61 bits per heavy atom. The van der Waals surface area contributed by atoms with Crippen LogP contribution in [0.5, 0.6) is 5.75 Å². The van der Waals surface area contributed by atoms with Crippen molar-refractivity contribution in [2.45, 2.75) is 25.2 Å². The van der Waals surface area contributed by atoms with Crippen LogP contribution in [0.1, 0.15) is 30.7 Å². The lowest BCUT2D eigenvalue weighted by atomic mass is 9.77. The molecule has 4 rings (SSSR count). The number of nitrogens with zero attached hydrogens (tertiary/aromatic N) is 1. The Morgan fingerprint density at radius 2 is 1.94 bits per heavy atom. The lowest BCUT2D eigenvalue weighted by Crippen LogP contribution is -2.31. The van der Waals surface area contributed by atoms with E-state index in [1.165, 1.54) is 11.8 Å². The van der Waals surface area contributed by atoms with Gasteiger partial charge < -0.3 is 15.4 Å². The number of carbonyl (C=O) groups excluding carboxylic acids is 2. The third-order valence-corrected chi connectivity index (χ3v) is 6.86. The van der Waals surface area contributed by atoms with Crippen molar-refractivity contribution in [3.05, 3.63) is 81.0 Å². The Labute approximate surface area is 201 Å². The summed E-state index contributed by atoms with van der Waals surface area (Å²) in [6, 6.07) is 16.6. The second-order valence-corrected chi connectivity index (χ2v) is 9.12. The summed E-state index contributed by atoms with van der Waals surface area (Å²) < 4.78 is 5.13. The molecule has 1 amide bonds. The lowest BCUT2D eigenvalue weighted by Gasteiger charge is -2.33. The van der Waals surface area contributed by atoms with Gasteiger partial charge in [0.1, 0.15) is 5.75 Å². The van der Waals surface area contributed by atoms with Crippen molar-refractivity contribution in [3.8, 4) is 11.8 Å². The fourth-order valence-corrected chi connectivity index (χ4v) is 5.02. The first kappa shape index (κ1) is 23.0. The number of ether oxygens (including phenoxy) is 1. The standard InChI is InChI=1S/C25H22ClN3O3S/c1-32-18-11-9-17(10-12-18)28-22(31)14-33-25-19(13-27)23(15-5-7-16(26)8-6-15)24-20(29-25)3-2-4-21(24)30/h5-12,23,29H,2-4,14H2,1H3,(H,28,31)/t23-/m0/s1. The van der Waals surface area contributed by atoms with Crippen molar-refractivity contribution in [3.63, 3.8) is 0 Å². The number of amides is 1. The zero-order valence-electron chi connectivity index (χ0n) is 18.0. The van der Waals surface area contributed by atoms with Gasteiger partial charge in [-0.2, -0.15) is 5.26 Å². The number of allylic oxidation sites excluding steroid dienone is 3. The van der Waals surface area contributed by atoms with Crippen LogP contribution in [0.25, 0.3) is 0 Å². The van der Waals surface area contributed by atoms with Gasteiger partial charge in [-0.15, -0.1) is 0 Å². The molecule has 2 aromatic rings. The molecule has 0 aromatic heterocycles. The van der Waals surface area contributed by atoms with Gasteiger partial charge >= 0.3 is 0 Å². The number of thioether (sulfide) groups is 1. The zero-order chi connectivity index (χ0) is 23.4. The van der Waals surface area contributed by atoms with Crippen molar-refractivity contribution >= 4 is 40.7 Å². The summed E-state index contributed by atoms with van der Waals surface area (Å²) in [5, 5.41) is 17.4. The van der Waals surface area contributed by atoms with E-state index in [4.69, 9.17) is 16.3 Å². The quantitative estimate of drug-likeness (QED) is 0.595. The van der Waals surface area contributed by atoms with Gasteiger partial charge in [0.2, 0.25) is 5.91 Å². The molecule has 0 bridgehead atoms. The molecule has 0 radical (unpaired) electrons. The van der Waals surface area contributed by atoms with Crippen molar-refractivity contribution < 1.29 is 14.3 Å². The highest BCUT2D eigenvalue weighted by atomic mass is 35.5. The largest absolute Gasteiger partial charge is 0.497 e. The van der Waals surface area contributed by atoms with Gasteiger partial charge in [-0.3, -0.25) is 9.59 Å². The average molecular weight is 480 g/mol. The molecule has 2 aromatic carbocycles. The maximum atomic E-state index is 12.8. The third kappa shape index (κ3) is 5.08. The summed E-state index contributed by atoms with van der Waals surface area (Å²) >= 11 is 7.32. The molecule has 0 saturated carbocycles. The molecule has 0 unspecified atom stereocenters. The maximum absolute atomic E-state index is 12.8. The van der Waals surface area contributed by atoms with E-state index >= 15 is 0 Å². The second-order valence-electron chi connectivity index (χ2n) is 7.70. The highest BCUT2D eigenvalue weighted by molar-refractivity contribution is 8.03. The fourth-order valence-electron chi connectivity index (χ4n) is 4.04. The van der Waals surface area contributed by atoms with Crippen LogP contribution in [0.3, 0.4) is 0 Å². The number of halogens is 1. The van der Waals surface area contributed by atoms with Crippen molar-refractivity contribution in [1.82, 2.24) is 5.32 Å². The Kier molecular flexibility index (Phi) is 7.07. The molecule has 0 fully saturated rings. The van der Waals surface area contributed by atoms with Gasteiger partial charge in [0.15, 0.2) is 5.78 Å². The van der Waals surface area contributed by atoms with E-state index in [1.54, 1.807) is 43.5 Å². The summed E-state index contributed by atoms with van der Waals surface area (Å²) in [6.45, 7) is 0. The first-order valence-electron chi connectivity index (χ1n) is 10.5. The normalized spacial score (nSPS) is 17.7. The molecular formula is C25H22ClN3O3S. The molecule has 1 atom stereocenters. The van der Waals surface area contributed by atoms with E-state index in [-0.39, 0.29) is 17.4 Å². The number of hydrogen-bond donors (Lipinski definition) is 2. The van der Waals surface area contributed by atoms with E-state index in [9.17, 15) is 14.9 Å². The molecular weight excluding hydrogens is 458 g/mol. The Morgan fingerprint density at radius 1 is 1.21 bits per heavy atom. The van der Waals surface area contributed by atoms with Crippen LogP contribution in [0.4, 0.5) is 5.69 Å². The number of carbonyl (C=O) groups is 2. The number of nitriles is 1. The summed E-state index contributed by atoms with van der Waals surface area (Å²) in [7, 11) is 1.58. The monoisotopic (exact) mass is 479 g/mol. The number of Topliss-reactive ketones (excluding diaryl/α,β-unsaturated/α-hetero) is 1. The van der Waals surface area contributed by atoms with Crippen molar-refractivity contribution in [2.24, 2.45) is 0 Å². The van der Waals surface area contributed by atoms with E-state index < -0.39 is 5.92 Å². The van der Waals surface area contributed by atoms with Crippen LogP contribution in [0.15, 0.2) is 70.4 Å². The lowest BCUT2D eigenvalue weighted by molar-refractivity contribution is -0.116. The molecule has 168 valence electrons. The predicted molar refractivity (Wildman–Crippen MR) is 130 cm³/mol. The molecule has 0 saturated heterocycles. The minimum absolute atomic E-state index is 0.0535. The van der Waals surface area contributed by atoms with Crippen LogP contribution < -0.4 is 15.4 Å². The van der Waals surface area contributed by atoms with Crippen molar-refractivity contribution in [2.75, 3.05) is 18.2 Å². The van der Waals surface area contributed by atoms with E-state index in [0.717, 1.165) is 24.1 Å². The van der Waals surface area contributed by atoms with Crippen LogP contribution >= 0.6 is 23.4 Å². The van der Waals surface area contributed by atoms with Gasteiger partial charge in [-0.1, -0.05) is 35.5 Å². The second kappa shape index (κ2) is 10.2. The zero-order valence-corrected chi connectivity index (χ0v) is 19.6. The van der Waals surface area contributed by atoms with Gasteiger partial charge in [-0.05, 0) is 54.8 Å². The Hall–Kier alpha value is -3.21. The topological polar surface area (TPSA) is 91.2 Å². The van der Waals surface area contributed by atoms with Gasteiger partial charge in [0.05, 0.1) is 35.5 Å². The van der Waals surface area contributed by atoms with Crippen LogP contribution in [0.2, 0.25) is 5.02 Å². The Balaban J connectivity index is 1.57. The summed E-state index contributed by atoms with van der Waals surface area (Å²) in [5.74, 6) is 0.209. The number of ketones is 1. The number of methoxy groups -OCH3 is 1. The van der Waals surface area contributed by atoms with E-state index in [0.29, 0.717) is 39.1 Å². The highest BCUT2D eigenvalue weighted by Gasteiger charge is 2.37. The van der Waals surface area contributed by atoms with Crippen LogP contribution in [0, 0.1) is 11.3 Å². The predicted octanol–water partition coefficient (Wildman–Crippen LogP) is 5.15. The molecule has 6 nitrogen and oxygen atoms in total. The van der Waals surface area contributed by atoms with E-state index in [1.807, 2.05) is 12.1 Å². The number of rotatable bonds is 6. The number of hydrogen-bond acceptors (Lipinski definition) is 6. The summed E-state index contributed by atoms with van der Waals surface area (Å²) in [4.78, 5) is 25.4. The molecule has 8 heteroatoms. The summed E-state index contributed by atoms with van der Waals surface area (Å²) in [6.07, 6.45) is 1.96. The van der Waals surface area contributed by atoms with Crippen LogP contribution in [-0.2, 0) is 9.59 Å². The van der Waals surface area contributed by atoms with Crippen molar-refractivity contribution in [1.29, 1.82) is 5.26 Å². The van der Waals surface area contributed by atoms with Gasteiger partial charge in [0.25, 0.3) is 0 Å². The first-order valence-corrected chi connectivity index (χ1v) is 11.9. The van der Waals surface area contributed by atoms with Gasteiger partial charge in [-0.25, -0.2) is 0 Å².